The maximum absolute atomic E-state index is 12.2. The third-order valence-corrected chi connectivity index (χ3v) is 5.21. The molecule has 0 atom stereocenters. The molecule has 0 radical (unpaired) electrons. The molecule has 1 aliphatic rings. The summed E-state index contributed by atoms with van der Waals surface area (Å²) in [5.41, 5.74) is 4.19. The summed E-state index contributed by atoms with van der Waals surface area (Å²) in [6.07, 6.45) is 9.94. The van der Waals surface area contributed by atoms with E-state index < -0.39 is 5.97 Å². The molecule has 146 valence electrons. The van der Waals surface area contributed by atoms with Gasteiger partial charge in [-0.15, -0.1) is 0 Å². The highest BCUT2D eigenvalue weighted by atomic mass is 16.5. The molecule has 0 amide bonds. The van der Waals surface area contributed by atoms with E-state index in [2.05, 4.69) is 32.9 Å². The molecule has 0 fully saturated rings. The van der Waals surface area contributed by atoms with Crippen molar-refractivity contribution in [2.45, 2.75) is 47.0 Å². The van der Waals surface area contributed by atoms with Gasteiger partial charge in [-0.2, -0.15) is 0 Å². The van der Waals surface area contributed by atoms with E-state index in [1.54, 1.807) is 24.3 Å². The van der Waals surface area contributed by atoms with E-state index >= 15 is 0 Å². The SMILES string of the molecule is CC(C=CC1=C(C)CCCC1(C)C)=Cc1ccc(C(=O)Oc2ccccc2)o1. The standard InChI is InChI=1S/C25H28O3/c1-18(12-14-22-19(2)9-8-16-25(22,3)4)17-21-13-15-23(27-21)24(26)28-20-10-6-5-7-11-20/h5-7,10-15,17H,8-9,16H2,1-4H3. The smallest absolute Gasteiger partial charge is 0.379 e. The molecular weight excluding hydrogens is 348 g/mol. The molecule has 28 heavy (non-hydrogen) atoms. The van der Waals surface area contributed by atoms with Crippen molar-refractivity contribution in [1.29, 1.82) is 0 Å². The van der Waals surface area contributed by atoms with E-state index in [9.17, 15) is 4.79 Å². The Bertz CT molecular complexity index is 924. The first-order valence-corrected chi connectivity index (χ1v) is 9.79. The monoisotopic (exact) mass is 376 g/mol. The Morgan fingerprint density at radius 3 is 2.61 bits per heavy atom. The lowest BCUT2D eigenvalue weighted by atomic mass is 9.72. The van der Waals surface area contributed by atoms with Crippen LogP contribution in [0.2, 0.25) is 0 Å². The van der Waals surface area contributed by atoms with Crippen molar-refractivity contribution in [3.05, 3.63) is 82.9 Å². The Morgan fingerprint density at radius 1 is 1.14 bits per heavy atom. The fraction of sp³-hybridized carbons (Fsp3) is 0.320. The average Bonchev–Trinajstić information content (AvgIpc) is 3.10. The third-order valence-electron chi connectivity index (χ3n) is 5.21. The van der Waals surface area contributed by atoms with E-state index in [0.29, 0.717) is 11.5 Å². The molecule has 0 saturated heterocycles. The molecule has 1 aromatic heterocycles. The molecule has 3 rings (SSSR count). The van der Waals surface area contributed by atoms with Crippen LogP contribution in [0.1, 0.15) is 63.3 Å². The second-order valence-electron chi connectivity index (χ2n) is 8.06. The van der Waals surface area contributed by atoms with E-state index in [4.69, 9.17) is 9.15 Å². The summed E-state index contributed by atoms with van der Waals surface area (Å²) in [7, 11) is 0. The molecule has 1 aliphatic carbocycles. The summed E-state index contributed by atoms with van der Waals surface area (Å²) in [5.74, 6) is 0.831. The van der Waals surface area contributed by atoms with Crippen molar-refractivity contribution >= 4 is 12.0 Å². The van der Waals surface area contributed by atoms with Gasteiger partial charge in [0.2, 0.25) is 5.76 Å². The molecule has 3 nitrogen and oxygen atoms in total. The number of furan rings is 1. The van der Waals surface area contributed by atoms with Gasteiger partial charge in [-0.3, -0.25) is 0 Å². The van der Waals surface area contributed by atoms with Crippen LogP contribution in [-0.2, 0) is 0 Å². The maximum atomic E-state index is 12.2. The van der Waals surface area contributed by atoms with Crippen LogP contribution in [0.5, 0.6) is 5.75 Å². The lowest BCUT2D eigenvalue weighted by molar-refractivity contribution is 0.0701. The minimum Gasteiger partial charge on any atom is -0.450 e. The van der Waals surface area contributed by atoms with Gasteiger partial charge in [-0.25, -0.2) is 4.79 Å². The van der Waals surface area contributed by atoms with Crippen molar-refractivity contribution < 1.29 is 13.9 Å². The van der Waals surface area contributed by atoms with Crippen molar-refractivity contribution in [2.75, 3.05) is 0 Å². The minimum absolute atomic E-state index is 0.193. The Hall–Kier alpha value is -2.81. The summed E-state index contributed by atoms with van der Waals surface area (Å²) in [4.78, 5) is 12.2. The first-order chi connectivity index (χ1) is 13.3. The second kappa shape index (κ2) is 8.47. The highest BCUT2D eigenvalue weighted by Crippen LogP contribution is 2.40. The second-order valence-corrected chi connectivity index (χ2v) is 8.06. The molecule has 0 saturated carbocycles. The van der Waals surface area contributed by atoms with Crippen LogP contribution in [0.15, 0.2) is 75.8 Å². The first kappa shape index (κ1) is 19.9. The molecule has 0 spiro atoms. The van der Waals surface area contributed by atoms with Crippen molar-refractivity contribution in [3.63, 3.8) is 0 Å². The summed E-state index contributed by atoms with van der Waals surface area (Å²) >= 11 is 0. The summed E-state index contributed by atoms with van der Waals surface area (Å²) in [6.45, 7) is 8.89. The lowest BCUT2D eigenvalue weighted by Gasteiger charge is -2.32. The summed E-state index contributed by atoms with van der Waals surface area (Å²) in [5, 5.41) is 0. The van der Waals surface area contributed by atoms with Gasteiger partial charge in [-0.05, 0) is 80.0 Å². The number of ether oxygens (including phenoxy) is 1. The van der Waals surface area contributed by atoms with Gasteiger partial charge in [0.15, 0.2) is 0 Å². The number of carbonyl (C=O) groups is 1. The van der Waals surface area contributed by atoms with Crippen LogP contribution in [0.3, 0.4) is 0 Å². The zero-order valence-corrected chi connectivity index (χ0v) is 17.1. The predicted octanol–water partition coefficient (Wildman–Crippen LogP) is 6.98. The third kappa shape index (κ3) is 4.92. The number of esters is 1. The summed E-state index contributed by atoms with van der Waals surface area (Å²) < 4.78 is 11.0. The average molecular weight is 376 g/mol. The number of rotatable bonds is 5. The number of carbonyl (C=O) groups excluding carboxylic acids is 1. The zero-order chi connectivity index (χ0) is 20.1. The lowest BCUT2D eigenvalue weighted by Crippen LogP contribution is -2.19. The minimum atomic E-state index is -0.496. The van der Waals surface area contributed by atoms with Crippen molar-refractivity contribution in [1.82, 2.24) is 0 Å². The van der Waals surface area contributed by atoms with Crippen LogP contribution >= 0.6 is 0 Å². The first-order valence-electron chi connectivity index (χ1n) is 9.79. The normalized spacial score (nSPS) is 17.2. The van der Waals surface area contributed by atoms with Gasteiger partial charge in [0.1, 0.15) is 11.5 Å². The Labute approximate surface area is 167 Å². The molecular formula is C25H28O3. The molecule has 0 aliphatic heterocycles. The van der Waals surface area contributed by atoms with Gasteiger partial charge in [0, 0.05) is 0 Å². The Morgan fingerprint density at radius 2 is 1.89 bits per heavy atom. The Kier molecular flexibility index (Phi) is 6.03. The largest absolute Gasteiger partial charge is 0.450 e. The summed E-state index contributed by atoms with van der Waals surface area (Å²) in [6, 6.07) is 12.4. The number of hydrogen-bond acceptors (Lipinski definition) is 3. The molecule has 0 N–H and O–H groups in total. The molecule has 1 aromatic carbocycles. The highest BCUT2D eigenvalue weighted by molar-refractivity contribution is 5.88. The van der Waals surface area contributed by atoms with Gasteiger partial charge < -0.3 is 9.15 Å². The predicted molar refractivity (Wildman–Crippen MR) is 113 cm³/mol. The highest BCUT2D eigenvalue weighted by Gasteiger charge is 2.26. The topological polar surface area (TPSA) is 39.4 Å². The number of hydrogen-bond donors (Lipinski definition) is 0. The van der Waals surface area contributed by atoms with E-state index in [1.807, 2.05) is 31.2 Å². The number of allylic oxidation sites excluding steroid dienone is 5. The molecule has 0 bridgehead atoms. The molecule has 2 aromatic rings. The van der Waals surface area contributed by atoms with E-state index in [0.717, 1.165) is 5.57 Å². The van der Waals surface area contributed by atoms with Gasteiger partial charge in [-0.1, -0.05) is 49.8 Å². The molecule has 1 heterocycles. The maximum Gasteiger partial charge on any atom is 0.379 e. The molecule has 3 heteroatoms. The van der Waals surface area contributed by atoms with Crippen LogP contribution in [0, 0.1) is 5.41 Å². The Balaban J connectivity index is 1.69. The van der Waals surface area contributed by atoms with Crippen LogP contribution in [0.25, 0.3) is 6.08 Å². The van der Waals surface area contributed by atoms with Crippen molar-refractivity contribution in [3.8, 4) is 5.75 Å². The van der Waals surface area contributed by atoms with E-state index in [1.165, 1.54) is 30.4 Å². The number of para-hydroxylation sites is 1. The van der Waals surface area contributed by atoms with Gasteiger partial charge >= 0.3 is 5.97 Å². The fourth-order valence-electron chi connectivity index (χ4n) is 3.68. The van der Waals surface area contributed by atoms with Crippen molar-refractivity contribution in [2.24, 2.45) is 5.41 Å². The quantitative estimate of drug-likeness (QED) is 0.321. The van der Waals surface area contributed by atoms with Crippen LogP contribution in [0.4, 0.5) is 0 Å². The van der Waals surface area contributed by atoms with Gasteiger partial charge in [0.25, 0.3) is 0 Å². The number of benzene rings is 1. The zero-order valence-electron chi connectivity index (χ0n) is 17.1. The van der Waals surface area contributed by atoms with E-state index in [-0.39, 0.29) is 11.2 Å². The van der Waals surface area contributed by atoms with Crippen LogP contribution < -0.4 is 4.74 Å². The van der Waals surface area contributed by atoms with Gasteiger partial charge in [0.05, 0.1) is 0 Å². The van der Waals surface area contributed by atoms with Crippen LogP contribution in [-0.4, -0.2) is 5.97 Å². The molecule has 0 unspecified atom stereocenters. The fourth-order valence-corrected chi connectivity index (χ4v) is 3.68.